The Hall–Kier alpha value is -2.15. The van der Waals surface area contributed by atoms with Crippen molar-refractivity contribution in [2.24, 2.45) is 5.92 Å². The number of benzene rings is 2. The Morgan fingerprint density at radius 3 is 2.17 bits per heavy atom. The van der Waals surface area contributed by atoms with Crippen molar-refractivity contribution in [1.82, 2.24) is 15.1 Å². The zero-order valence-electron chi connectivity index (χ0n) is 21.7. The summed E-state index contributed by atoms with van der Waals surface area (Å²) >= 11 is 5.74. The van der Waals surface area contributed by atoms with Crippen molar-refractivity contribution in [3.05, 3.63) is 64.4 Å². The highest BCUT2D eigenvalue weighted by Crippen LogP contribution is 2.24. The number of anilines is 1. The van der Waals surface area contributed by atoms with Crippen LogP contribution >= 0.6 is 11.6 Å². The SMILES string of the molecule is CC(C)C(=O)N1CCN(c2ccc(Cl)cc2F)CC1.Cc1ccc(CN2C(C)CNCC2C)cc1. The van der Waals surface area contributed by atoms with E-state index >= 15 is 0 Å². The lowest BCUT2D eigenvalue weighted by Gasteiger charge is -2.39. The number of carbonyl (C=O) groups excluding carboxylic acids is 1. The van der Waals surface area contributed by atoms with Gasteiger partial charge in [0.15, 0.2) is 0 Å². The van der Waals surface area contributed by atoms with Crippen LogP contribution in [0.5, 0.6) is 0 Å². The van der Waals surface area contributed by atoms with Crippen molar-refractivity contribution in [3.63, 3.8) is 0 Å². The third-order valence-electron chi connectivity index (χ3n) is 6.83. The Kier molecular flexibility index (Phi) is 9.96. The van der Waals surface area contributed by atoms with E-state index in [0.29, 0.717) is 49.0 Å². The van der Waals surface area contributed by atoms with Crippen LogP contribution in [-0.4, -0.2) is 67.1 Å². The highest BCUT2D eigenvalue weighted by Gasteiger charge is 2.25. The monoisotopic (exact) mass is 502 g/mol. The summed E-state index contributed by atoms with van der Waals surface area (Å²) in [7, 11) is 0. The second kappa shape index (κ2) is 12.7. The second-order valence-electron chi connectivity index (χ2n) is 10.1. The van der Waals surface area contributed by atoms with Gasteiger partial charge in [-0.3, -0.25) is 9.69 Å². The van der Waals surface area contributed by atoms with Crippen LogP contribution in [0, 0.1) is 18.7 Å². The van der Waals surface area contributed by atoms with E-state index in [-0.39, 0.29) is 17.6 Å². The summed E-state index contributed by atoms with van der Waals surface area (Å²) in [5.74, 6) is -0.133. The fourth-order valence-electron chi connectivity index (χ4n) is 4.66. The zero-order chi connectivity index (χ0) is 25.5. The fourth-order valence-corrected chi connectivity index (χ4v) is 4.82. The van der Waals surface area contributed by atoms with Crippen LogP contribution in [0.25, 0.3) is 0 Å². The summed E-state index contributed by atoms with van der Waals surface area (Å²) < 4.78 is 13.8. The molecule has 0 aliphatic carbocycles. The van der Waals surface area contributed by atoms with Gasteiger partial charge >= 0.3 is 0 Å². The molecule has 192 valence electrons. The summed E-state index contributed by atoms with van der Waals surface area (Å²) in [5.41, 5.74) is 3.32. The van der Waals surface area contributed by atoms with Crippen molar-refractivity contribution in [2.75, 3.05) is 44.2 Å². The van der Waals surface area contributed by atoms with E-state index in [2.05, 4.69) is 55.3 Å². The zero-order valence-corrected chi connectivity index (χ0v) is 22.5. The molecule has 2 saturated heterocycles. The molecule has 1 N–H and O–H groups in total. The van der Waals surface area contributed by atoms with Crippen LogP contribution in [0.1, 0.15) is 38.8 Å². The smallest absolute Gasteiger partial charge is 0.225 e. The number of nitrogens with zero attached hydrogens (tertiary/aromatic N) is 3. The van der Waals surface area contributed by atoms with Crippen molar-refractivity contribution in [3.8, 4) is 0 Å². The number of aryl methyl sites for hydroxylation is 1. The van der Waals surface area contributed by atoms with E-state index in [1.807, 2.05) is 23.6 Å². The molecule has 0 aromatic heterocycles. The summed E-state index contributed by atoms with van der Waals surface area (Å²) in [6, 6.07) is 14.9. The minimum Gasteiger partial charge on any atom is -0.366 e. The number of rotatable bonds is 4. The number of hydrogen-bond donors (Lipinski definition) is 1. The van der Waals surface area contributed by atoms with Gasteiger partial charge in [-0.05, 0) is 44.5 Å². The molecule has 5 nitrogen and oxygen atoms in total. The molecule has 0 radical (unpaired) electrons. The van der Waals surface area contributed by atoms with Gasteiger partial charge in [-0.2, -0.15) is 0 Å². The average molecular weight is 503 g/mol. The number of carbonyl (C=O) groups is 1. The van der Waals surface area contributed by atoms with Gasteiger partial charge in [0.05, 0.1) is 5.69 Å². The van der Waals surface area contributed by atoms with Crippen LogP contribution in [-0.2, 0) is 11.3 Å². The number of nitrogens with one attached hydrogen (secondary N) is 1. The van der Waals surface area contributed by atoms with E-state index in [9.17, 15) is 9.18 Å². The molecule has 0 spiro atoms. The lowest BCUT2D eigenvalue weighted by Crippen LogP contribution is -2.54. The molecular formula is C28H40ClFN4O. The molecule has 2 fully saturated rings. The largest absolute Gasteiger partial charge is 0.366 e. The molecule has 35 heavy (non-hydrogen) atoms. The van der Waals surface area contributed by atoms with Gasteiger partial charge in [0.2, 0.25) is 5.91 Å². The molecule has 2 aromatic rings. The van der Waals surface area contributed by atoms with Crippen molar-refractivity contribution >= 4 is 23.2 Å². The maximum Gasteiger partial charge on any atom is 0.225 e. The molecule has 7 heteroatoms. The van der Waals surface area contributed by atoms with Crippen LogP contribution in [0.15, 0.2) is 42.5 Å². The second-order valence-corrected chi connectivity index (χ2v) is 10.5. The number of piperazine rings is 2. The van der Waals surface area contributed by atoms with Gasteiger partial charge in [0.25, 0.3) is 0 Å². The first-order valence-electron chi connectivity index (χ1n) is 12.7. The molecule has 2 heterocycles. The predicted molar refractivity (Wildman–Crippen MR) is 144 cm³/mol. The van der Waals surface area contributed by atoms with Gasteiger partial charge in [-0.1, -0.05) is 55.3 Å². The Balaban J connectivity index is 0.000000198. The van der Waals surface area contributed by atoms with E-state index in [0.717, 1.165) is 19.6 Å². The van der Waals surface area contributed by atoms with Crippen molar-refractivity contribution in [1.29, 1.82) is 0 Å². The minimum absolute atomic E-state index is 0.0128. The van der Waals surface area contributed by atoms with Gasteiger partial charge in [0, 0.05) is 68.8 Å². The van der Waals surface area contributed by atoms with Crippen LogP contribution in [0.4, 0.5) is 10.1 Å². The Morgan fingerprint density at radius 2 is 1.63 bits per heavy atom. The highest BCUT2D eigenvalue weighted by atomic mass is 35.5. The maximum absolute atomic E-state index is 13.8. The Morgan fingerprint density at radius 1 is 1.03 bits per heavy atom. The van der Waals surface area contributed by atoms with Crippen molar-refractivity contribution < 1.29 is 9.18 Å². The molecule has 0 bridgehead atoms. The first-order valence-corrected chi connectivity index (χ1v) is 13.0. The molecule has 4 rings (SSSR count). The van der Waals surface area contributed by atoms with Crippen LogP contribution in [0.2, 0.25) is 5.02 Å². The van der Waals surface area contributed by atoms with E-state index in [1.54, 1.807) is 12.1 Å². The first-order chi connectivity index (χ1) is 16.7. The number of hydrogen-bond acceptors (Lipinski definition) is 4. The Labute approximate surface area is 215 Å². The minimum atomic E-state index is -0.309. The third kappa shape index (κ3) is 7.66. The van der Waals surface area contributed by atoms with Gasteiger partial charge in [0.1, 0.15) is 5.82 Å². The molecule has 2 aliphatic heterocycles. The normalized spacial score (nSPS) is 21.0. The molecule has 1 amide bonds. The van der Waals surface area contributed by atoms with Gasteiger partial charge in [-0.15, -0.1) is 0 Å². The topological polar surface area (TPSA) is 38.8 Å². The van der Waals surface area contributed by atoms with Crippen LogP contribution in [0.3, 0.4) is 0 Å². The van der Waals surface area contributed by atoms with Gasteiger partial charge < -0.3 is 15.1 Å². The quantitative estimate of drug-likeness (QED) is 0.641. The summed E-state index contributed by atoms with van der Waals surface area (Å²) in [6.45, 7) is 16.4. The summed E-state index contributed by atoms with van der Waals surface area (Å²) in [4.78, 5) is 18.2. The van der Waals surface area contributed by atoms with E-state index in [4.69, 9.17) is 11.6 Å². The Bertz CT molecular complexity index is 950. The lowest BCUT2D eigenvalue weighted by molar-refractivity contribution is -0.134. The maximum atomic E-state index is 13.8. The number of amides is 1. The highest BCUT2D eigenvalue weighted by molar-refractivity contribution is 6.30. The molecule has 2 aromatic carbocycles. The molecular weight excluding hydrogens is 463 g/mol. The van der Waals surface area contributed by atoms with Crippen LogP contribution < -0.4 is 10.2 Å². The molecule has 0 saturated carbocycles. The summed E-state index contributed by atoms with van der Waals surface area (Å²) in [6.07, 6.45) is 0. The molecule has 2 aliphatic rings. The van der Waals surface area contributed by atoms with E-state index < -0.39 is 0 Å². The standard InChI is InChI=1S/C14H18ClFN2O.C14H22N2/c1-10(2)14(19)18-7-5-17(6-8-18)13-4-3-11(15)9-12(13)16;1-11-4-6-14(7-5-11)10-16-12(2)8-15-9-13(16)3/h3-4,9-10H,5-8H2,1-2H3;4-7,12-13,15H,8-10H2,1-3H3. The van der Waals surface area contributed by atoms with E-state index in [1.165, 1.54) is 17.2 Å². The van der Waals surface area contributed by atoms with Gasteiger partial charge in [-0.25, -0.2) is 4.39 Å². The summed E-state index contributed by atoms with van der Waals surface area (Å²) in [5, 5.41) is 3.87. The fraction of sp³-hybridized carbons (Fsp3) is 0.536. The lowest BCUT2D eigenvalue weighted by atomic mass is 10.1. The number of halogens is 2. The first kappa shape index (κ1) is 27.4. The average Bonchev–Trinajstić information content (AvgIpc) is 2.83. The predicted octanol–water partition coefficient (Wildman–Crippen LogP) is 4.96. The third-order valence-corrected chi connectivity index (χ3v) is 7.07. The molecule has 2 unspecified atom stereocenters. The molecule has 2 atom stereocenters. The van der Waals surface area contributed by atoms with Crippen molar-refractivity contribution in [2.45, 2.75) is 53.2 Å².